The van der Waals surface area contributed by atoms with Gasteiger partial charge in [0, 0.05) is 9.90 Å². The van der Waals surface area contributed by atoms with Crippen LogP contribution >= 0.6 is 22.9 Å². The molecule has 28 heavy (non-hydrogen) atoms. The Kier molecular flexibility index (Phi) is 5.01. The van der Waals surface area contributed by atoms with Crippen molar-refractivity contribution in [3.63, 3.8) is 0 Å². The summed E-state index contributed by atoms with van der Waals surface area (Å²) in [5, 5.41) is 4.62. The number of hydrogen-bond donors (Lipinski definition) is 2. The number of hydrogen-bond acceptors (Lipinski definition) is 6. The van der Waals surface area contributed by atoms with Crippen molar-refractivity contribution >= 4 is 51.8 Å². The van der Waals surface area contributed by atoms with Gasteiger partial charge < -0.3 is 5.73 Å². The zero-order chi connectivity index (χ0) is 19.5. The van der Waals surface area contributed by atoms with Gasteiger partial charge in [-0.3, -0.25) is 9.78 Å². The number of amides is 1. The number of nitrogens with zero attached hydrogens (tertiary/aromatic N) is 3. The van der Waals surface area contributed by atoms with Crippen LogP contribution in [-0.2, 0) is 0 Å². The van der Waals surface area contributed by atoms with E-state index >= 15 is 0 Å². The molecule has 3 N–H and O–H groups in total. The summed E-state index contributed by atoms with van der Waals surface area (Å²) in [5.41, 5.74) is 11.9. The van der Waals surface area contributed by atoms with E-state index in [1.54, 1.807) is 24.4 Å². The van der Waals surface area contributed by atoms with E-state index in [9.17, 15) is 4.79 Å². The summed E-state index contributed by atoms with van der Waals surface area (Å²) < 4.78 is 0. The average Bonchev–Trinajstić information content (AvgIpc) is 3.10. The molecule has 4 aromatic rings. The van der Waals surface area contributed by atoms with Crippen molar-refractivity contribution in [3.05, 3.63) is 76.4 Å². The molecular formula is C20H14ClN5OS. The zero-order valence-electron chi connectivity index (χ0n) is 14.5. The smallest absolute Gasteiger partial charge is 0.283 e. The molecule has 0 radical (unpaired) electrons. The first-order chi connectivity index (χ1) is 13.6. The van der Waals surface area contributed by atoms with Crippen molar-refractivity contribution in [2.45, 2.75) is 0 Å². The lowest BCUT2D eigenvalue weighted by atomic mass is 10.2. The number of fused-ring (bicyclic) bond motifs is 1. The first-order valence-electron chi connectivity index (χ1n) is 8.30. The van der Waals surface area contributed by atoms with Gasteiger partial charge in [-0.1, -0.05) is 35.9 Å². The first-order valence-corrected chi connectivity index (χ1v) is 9.50. The number of rotatable bonds is 4. The molecule has 0 unspecified atom stereocenters. The number of nitrogen functional groups attached to an aromatic ring is 1. The number of thiophene rings is 1. The molecular weight excluding hydrogens is 394 g/mol. The van der Waals surface area contributed by atoms with Gasteiger partial charge in [-0.2, -0.15) is 5.10 Å². The van der Waals surface area contributed by atoms with E-state index in [2.05, 4.69) is 20.5 Å². The summed E-state index contributed by atoms with van der Waals surface area (Å²) in [5.74, 6) is -0.382. The second-order valence-corrected chi connectivity index (χ2v) is 7.37. The fraction of sp³-hybridized carbons (Fsp3) is 0. The lowest BCUT2D eigenvalue weighted by Crippen LogP contribution is -2.17. The summed E-state index contributed by atoms with van der Waals surface area (Å²) in [6, 6.07) is 16.6. The highest BCUT2D eigenvalue weighted by Crippen LogP contribution is 2.33. The van der Waals surface area contributed by atoms with Crippen molar-refractivity contribution in [2.24, 2.45) is 5.10 Å². The maximum Gasteiger partial charge on any atom is 0.283 e. The Hall–Kier alpha value is -3.29. The molecule has 0 saturated carbocycles. The molecule has 8 heteroatoms. The SMILES string of the molecule is Nc1cc(-c2ccc(Cl)cc2)sc1C(=O)N/N=C\c1cnc2ccccc2n1. The van der Waals surface area contributed by atoms with Crippen LogP contribution in [-0.4, -0.2) is 22.1 Å². The van der Waals surface area contributed by atoms with Gasteiger partial charge in [-0.05, 0) is 35.9 Å². The van der Waals surface area contributed by atoms with Crippen LogP contribution in [0.25, 0.3) is 21.5 Å². The largest absolute Gasteiger partial charge is 0.397 e. The minimum Gasteiger partial charge on any atom is -0.397 e. The van der Waals surface area contributed by atoms with Gasteiger partial charge in [-0.15, -0.1) is 11.3 Å². The first kappa shape index (κ1) is 18.1. The molecule has 4 rings (SSSR count). The lowest BCUT2D eigenvalue weighted by Gasteiger charge is -1.99. The van der Waals surface area contributed by atoms with E-state index < -0.39 is 0 Å². The number of hydrazone groups is 1. The van der Waals surface area contributed by atoms with Crippen molar-refractivity contribution < 1.29 is 4.79 Å². The van der Waals surface area contributed by atoms with Crippen molar-refractivity contribution in [1.82, 2.24) is 15.4 Å². The Bertz CT molecular complexity index is 1190. The number of benzene rings is 2. The molecule has 0 fully saturated rings. The van der Waals surface area contributed by atoms with E-state index in [0.29, 0.717) is 21.3 Å². The predicted octanol–water partition coefficient (Wildman–Crippen LogP) is 4.36. The van der Waals surface area contributed by atoms with Crippen LogP contribution in [0.15, 0.2) is 65.9 Å². The highest BCUT2D eigenvalue weighted by molar-refractivity contribution is 7.18. The molecule has 0 atom stereocenters. The van der Waals surface area contributed by atoms with Gasteiger partial charge in [0.05, 0.1) is 29.1 Å². The molecule has 6 nitrogen and oxygen atoms in total. The number of para-hydroxylation sites is 2. The number of carbonyl (C=O) groups is 1. The molecule has 0 aliphatic carbocycles. The lowest BCUT2D eigenvalue weighted by molar-refractivity contribution is 0.0960. The van der Waals surface area contributed by atoms with Crippen molar-refractivity contribution in [2.75, 3.05) is 5.73 Å². The van der Waals surface area contributed by atoms with E-state index in [4.69, 9.17) is 17.3 Å². The van der Waals surface area contributed by atoms with Crippen molar-refractivity contribution in [1.29, 1.82) is 0 Å². The summed E-state index contributed by atoms with van der Waals surface area (Å²) in [7, 11) is 0. The fourth-order valence-electron chi connectivity index (χ4n) is 2.58. The van der Waals surface area contributed by atoms with Crippen LogP contribution in [0.1, 0.15) is 15.4 Å². The zero-order valence-corrected chi connectivity index (χ0v) is 16.0. The number of aromatic nitrogens is 2. The van der Waals surface area contributed by atoms with E-state index in [-0.39, 0.29) is 5.91 Å². The molecule has 0 aliphatic rings. The maximum absolute atomic E-state index is 12.4. The Morgan fingerprint density at radius 3 is 2.68 bits per heavy atom. The van der Waals surface area contributed by atoms with Crippen LogP contribution in [0.2, 0.25) is 5.02 Å². The summed E-state index contributed by atoms with van der Waals surface area (Å²) in [4.78, 5) is 22.4. The summed E-state index contributed by atoms with van der Waals surface area (Å²) >= 11 is 7.21. The van der Waals surface area contributed by atoms with Crippen LogP contribution in [0, 0.1) is 0 Å². The number of nitrogens with one attached hydrogen (secondary N) is 1. The van der Waals surface area contributed by atoms with Gasteiger partial charge in [-0.25, -0.2) is 10.4 Å². The van der Waals surface area contributed by atoms with Gasteiger partial charge in [0.2, 0.25) is 0 Å². The van der Waals surface area contributed by atoms with Crippen LogP contribution in [0.5, 0.6) is 0 Å². The highest BCUT2D eigenvalue weighted by Gasteiger charge is 2.15. The quantitative estimate of drug-likeness (QED) is 0.388. The minimum absolute atomic E-state index is 0.382. The minimum atomic E-state index is -0.382. The fourth-order valence-corrected chi connectivity index (χ4v) is 3.68. The Morgan fingerprint density at radius 1 is 1.14 bits per heavy atom. The molecule has 2 aromatic heterocycles. The van der Waals surface area contributed by atoms with Gasteiger partial charge >= 0.3 is 0 Å². The maximum atomic E-state index is 12.4. The third kappa shape index (κ3) is 3.85. The Labute approximate surface area is 169 Å². The average molecular weight is 408 g/mol. The number of carbonyl (C=O) groups excluding carboxylic acids is 1. The van der Waals surface area contributed by atoms with Crippen LogP contribution in [0.4, 0.5) is 5.69 Å². The van der Waals surface area contributed by atoms with Crippen molar-refractivity contribution in [3.8, 4) is 10.4 Å². The molecule has 0 spiro atoms. The molecule has 1 amide bonds. The summed E-state index contributed by atoms with van der Waals surface area (Å²) in [6.07, 6.45) is 3.04. The highest BCUT2D eigenvalue weighted by atomic mass is 35.5. The monoisotopic (exact) mass is 407 g/mol. The third-order valence-corrected chi connectivity index (χ3v) is 5.38. The Morgan fingerprint density at radius 2 is 1.89 bits per heavy atom. The molecule has 0 aliphatic heterocycles. The van der Waals surface area contributed by atoms with E-state index in [1.165, 1.54) is 17.6 Å². The van der Waals surface area contributed by atoms with Crippen LogP contribution in [0.3, 0.4) is 0 Å². The topological polar surface area (TPSA) is 93.3 Å². The summed E-state index contributed by atoms with van der Waals surface area (Å²) in [6.45, 7) is 0. The molecule has 2 aromatic carbocycles. The van der Waals surface area contributed by atoms with Gasteiger partial charge in [0.1, 0.15) is 10.6 Å². The predicted molar refractivity (Wildman–Crippen MR) is 114 cm³/mol. The number of nitrogens with two attached hydrogens (primary N) is 1. The Balaban J connectivity index is 1.48. The van der Waals surface area contributed by atoms with Gasteiger partial charge in [0.25, 0.3) is 5.91 Å². The standard InChI is InChI=1S/C20H14ClN5OS/c21-13-7-5-12(6-8-13)18-9-15(22)19(28-18)20(27)26-24-11-14-10-23-16-3-1-2-4-17(16)25-14/h1-11H,22H2,(H,26,27)/b24-11-. The van der Waals surface area contributed by atoms with Gasteiger partial charge in [0.15, 0.2) is 0 Å². The molecule has 0 bridgehead atoms. The van der Waals surface area contributed by atoms with E-state index in [0.717, 1.165) is 21.5 Å². The molecule has 0 saturated heterocycles. The second-order valence-electron chi connectivity index (χ2n) is 5.88. The van der Waals surface area contributed by atoms with Crippen LogP contribution < -0.4 is 11.2 Å². The number of halogens is 1. The van der Waals surface area contributed by atoms with E-state index in [1.807, 2.05) is 36.4 Å². The second kappa shape index (κ2) is 7.75. The normalized spacial score (nSPS) is 11.2. The number of anilines is 1. The molecule has 2 heterocycles. The molecule has 138 valence electrons. The third-order valence-electron chi connectivity index (χ3n) is 3.93.